The van der Waals surface area contributed by atoms with Crippen molar-refractivity contribution in [3.05, 3.63) is 47.0 Å². The van der Waals surface area contributed by atoms with E-state index in [0.29, 0.717) is 18.6 Å². The summed E-state index contributed by atoms with van der Waals surface area (Å²) < 4.78 is 0. The average molecular weight is 268 g/mol. The highest BCUT2D eigenvalue weighted by Gasteiger charge is 2.06. The monoisotopic (exact) mass is 268 g/mol. The highest BCUT2D eigenvalue weighted by Crippen LogP contribution is 2.22. The molecule has 0 spiro atoms. The summed E-state index contributed by atoms with van der Waals surface area (Å²) in [6.07, 6.45) is 3.88. The molecule has 2 heteroatoms. The molecule has 0 aliphatic rings. The van der Waals surface area contributed by atoms with Crippen LogP contribution in [0.25, 0.3) is 10.8 Å². The van der Waals surface area contributed by atoms with Crippen LogP contribution in [-0.4, -0.2) is 12.1 Å². The lowest BCUT2D eigenvalue weighted by atomic mass is 9.97. The molecule has 2 nitrogen and oxygen atoms in total. The Morgan fingerprint density at radius 3 is 2.65 bits per heavy atom. The fourth-order valence-electron chi connectivity index (χ4n) is 2.51. The molecule has 104 valence electrons. The zero-order valence-electron chi connectivity index (χ0n) is 12.1. The average Bonchev–Trinajstić information content (AvgIpc) is 2.45. The molecule has 2 aromatic carbocycles. The molecule has 0 saturated heterocycles. The first kappa shape index (κ1) is 14.4. The van der Waals surface area contributed by atoms with Gasteiger partial charge < -0.3 is 0 Å². The van der Waals surface area contributed by atoms with Crippen LogP contribution < -0.4 is 0 Å². The molecule has 0 fully saturated rings. The number of benzene rings is 2. The first-order valence-electron chi connectivity index (χ1n) is 7.14. The van der Waals surface area contributed by atoms with Crippen molar-refractivity contribution in [2.24, 2.45) is 0 Å². The lowest BCUT2D eigenvalue weighted by Crippen LogP contribution is -1.99. The lowest BCUT2D eigenvalue weighted by Gasteiger charge is -2.07. The van der Waals surface area contributed by atoms with Crippen molar-refractivity contribution in [2.45, 2.75) is 39.5 Å². The predicted molar refractivity (Wildman–Crippen MR) is 82.3 cm³/mol. The van der Waals surface area contributed by atoms with Crippen LogP contribution >= 0.6 is 0 Å². The highest BCUT2D eigenvalue weighted by atomic mass is 16.1. The minimum Gasteiger partial charge on any atom is -0.300 e. The molecule has 2 rings (SSSR count). The van der Waals surface area contributed by atoms with E-state index in [-0.39, 0.29) is 0 Å². The minimum absolute atomic E-state index is 0.324. The van der Waals surface area contributed by atoms with Crippen molar-refractivity contribution in [2.75, 3.05) is 0 Å². The molecule has 0 radical (unpaired) electrons. The lowest BCUT2D eigenvalue weighted by molar-refractivity contribution is -0.119. The molecule has 0 aliphatic heterocycles. The van der Waals surface area contributed by atoms with Gasteiger partial charge in [-0.3, -0.25) is 9.59 Å². The topological polar surface area (TPSA) is 34.1 Å². The fourth-order valence-corrected chi connectivity index (χ4v) is 2.51. The van der Waals surface area contributed by atoms with E-state index in [4.69, 9.17) is 0 Å². The smallest absolute Gasteiger partial charge is 0.150 e. The van der Waals surface area contributed by atoms with Gasteiger partial charge in [0.05, 0.1) is 0 Å². The number of ketones is 1. The van der Waals surface area contributed by atoms with Gasteiger partial charge in [-0.25, -0.2) is 0 Å². The van der Waals surface area contributed by atoms with Gasteiger partial charge in [-0.15, -0.1) is 0 Å². The quantitative estimate of drug-likeness (QED) is 0.733. The molecule has 0 amide bonds. The third-order valence-corrected chi connectivity index (χ3v) is 3.68. The summed E-state index contributed by atoms with van der Waals surface area (Å²) in [5.41, 5.74) is 2.91. The Balaban J connectivity index is 2.24. The Labute approximate surface area is 119 Å². The normalized spacial score (nSPS) is 10.7. The largest absolute Gasteiger partial charge is 0.300 e. The maximum absolute atomic E-state index is 11.6. The molecular weight excluding hydrogens is 248 g/mol. The number of aryl methyl sites for hydroxylation is 2. The van der Waals surface area contributed by atoms with E-state index in [2.05, 4.69) is 6.07 Å². The number of aldehydes is 1. The van der Waals surface area contributed by atoms with Gasteiger partial charge in [-0.05, 0) is 41.7 Å². The number of hydrogen-bond donors (Lipinski definition) is 0. The Hall–Kier alpha value is -1.96. The van der Waals surface area contributed by atoms with Crippen molar-refractivity contribution >= 4 is 22.8 Å². The maximum Gasteiger partial charge on any atom is 0.150 e. The van der Waals surface area contributed by atoms with E-state index < -0.39 is 0 Å². The molecule has 2 aromatic rings. The highest BCUT2D eigenvalue weighted by molar-refractivity contribution is 5.99. The van der Waals surface area contributed by atoms with E-state index in [0.717, 1.165) is 46.6 Å². The van der Waals surface area contributed by atoms with E-state index >= 15 is 0 Å². The molecule has 0 N–H and O–H groups in total. The van der Waals surface area contributed by atoms with E-state index in [9.17, 15) is 9.59 Å². The summed E-state index contributed by atoms with van der Waals surface area (Å²) in [6, 6.07) is 10.1. The van der Waals surface area contributed by atoms with Crippen LogP contribution in [0.2, 0.25) is 0 Å². The number of hydrogen-bond acceptors (Lipinski definition) is 2. The van der Waals surface area contributed by atoms with Crippen molar-refractivity contribution < 1.29 is 9.59 Å². The summed E-state index contributed by atoms with van der Waals surface area (Å²) in [5.74, 6) is 0.324. The van der Waals surface area contributed by atoms with Gasteiger partial charge in [-0.1, -0.05) is 37.3 Å². The van der Waals surface area contributed by atoms with Crippen molar-refractivity contribution in [3.8, 4) is 0 Å². The van der Waals surface area contributed by atoms with Gasteiger partial charge in [0.1, 0.15) is 5.78 Å². The van der Waals surface area contributed by atoms with Crippen molar-refractivity contribution in [1.82, 2.24) is 0 Å². The van der Waals surface area contributed by atoms with Crippen LogP contribution in [0.3, 0.4) is 0 Å². The second kappa shape index (κ2) is 6.47. The fraction of sp³-hybridized carbons (Fsp3) is 0.333. The Kier molecular flexibility index (Phi) is 4.67. The molecule has 0 unspecified atom stereocenters. The predicted octanol–water partition coefficient (Wildman–Crippen LogP) is 4.26. The van der Waals surface area contributed by atoms with Gasteiger partial charge in [0.15, 0.2) is 6.29 Å². The first-order chi connectivity index (χ1) is 9.65. The summed E-state index contributed by atoms with van der Waals surface area (Å²) in [5, 5.41) is 2.06. The van der Waals surface area contributed by atoms with Crippen LogP contribution in [0, 0.1) is 6.92 Å². The molecular formula is C18H20O2. The Morgan fingerprint density at radius 1 is 1.15 bits per heavy atom. The van der Waals surface area contributed by atoms with E-state index in [1.165, 1.54) is 0 Å². The molecule has 0 bridgehead atoms. The van der Waals surface area contributed by atoms with Crippen molar-refractivity contribution in [3.63, 3.8) is 0 Å². The van der Waals surface area contributed by atoms with Crippen LogP contribution in [0.15, 0.2) is 30.3 Å². The summed E-state index contributed by atoms with van der Waals surface area (Å²) in [4.78, 5) is 22.7. The van der Waals surface area contributed by atoms with Gasteiger partial charge >= 0.3 is 0 Å². The number of rotatable bonds is 6. The zero-order chi connectivity index (χ0) is 14.5. The molecule has 0 atom stereocenters. The summed E-state index contributed by atoms with van der Waals surface area (Å²) >= 11 is 0. The van der Waals surface area contributed by atoms with Crippen LogP contribution in [0.5, 0.6) is 0 Å². The molecule has 0 heterocycles. The van der Waals surface area contributed by atoms with Crippen LogP contribution in [0.4, 0.5) is 0 Å². The van der Waals surface area contributed by atoms with Gasteiger partial charge in [-0.2, -0.15) is 0 Å². The maximum atomic E-state index is 11.6. The number of Topliss-reactive ketones (excluding diaryl/α,β-unsaturated/α-hetero) is 1. The first-order valence-corrected chi connectivity index (χ1v) is 7.14. The van der Waals surface area contributed by atoms with E-state index in [1.54, 1.807) is 0 Å². The second-order valence-electron chi connectivity index (χ2n) is 5.26. The van der Waals surface area contributed by atoms with Gasteiger partial charge in [0.2, 0.25) is 0 Å². The van der Waals surface area contributed by atoms with E-state index in [1.807, 2.05) is 38.1 Å². The third-order valence-electron chi connectivity index (χ3n) is 3.68. The number of carbonyl (C=O) groups excluding carboxylic acids is 2. The van der Waals surface area contributed by atoms with Gasteiger partial charge in [0, 0.05) is 18.4 Å². The standard InChI is InChI=1S/C18H20O2/c1-3-4-16(20)9-6-14-7-10-17-15(11-14)8-5-13(2)18(17)12-19/h5,7-8,10-12H,3-4,6,9H2,1-2H3. The van der Waals surface area contributed by atoms with Crippen LogP contribution in [0.1, 0.15) is 47.7 Å². The van der Waals surface area contributed by atoms with Crippen LogP contribution in [-0.2, 0) is 11.2 Å². The molecule has 0 saturated carbocycles. The number of fused-ring (bicyclic) bond motifs is 1. The third kappa shape index (κ3) is 3.13. The summed E-state index contributed by atoms with van der Waals surface area (Å²) in [6.45, 7) is 3.97. The van der Waals surface area contributed by atoms with Crippen molar-refractivity contribution in [1.29, 1.82) is 0 Å². The molecule has 0 aromatic heterocycles. The second-order valence-corrected chi connectivity index (χ2v) is 5.26. The van der Waals surface area contributed by atoms with Gasteiger partial charge in [0.25, 0.3) is 0 Å². The number of carbonyl (C=O) groups is 2. The zero-order valence-corrected chi connectivity index (χ0v) is 12.1. The minimum atomic E-state index is 0.324. The Morgan fingerprint density at radius 2 is 1.95 bits per heavy atom. The Bertz CT molecular complexity index is 641. The molecule has 20 heavy (non-hydrogen) atoms. The SMILES string of the molecule is CCCC(=O)CCc1ccc2c(C=O)c(C)ccc2c1. The summed E-state index contributed by atoms with van der Waals surface area (Å²) in [7, 11) is 0. The molecule has 0 aliphatic carbocycles.